The van der Waals surface area contributed by atoms with Gasteiger partial charge in [0.2, 0.25) is 5.72 Å². The second kappa shape index (κ2) is 5.51. The topological polar surface area (TPSA) is 70.7 Å². The lowest BCUT2D eigenvalue weighted by atomic mass is 10.1. The Kier molecular flexibility index (Phi) is 4.24. The van der Waals surface area contributed by atoms with Crippen molar-refractivity contribution >= 4 is 34.2 Å². The lowest BCUT2D eigenvalue weighted by Gasteiger charge is -2.29. The number of alkyl halides is 4. The van der Waals surface area contributed by atoms with Gasteiger partial charge in [-0.25, -0.2) is 17.6 Å². The van der Waals surface area contributed by atoms with Crippen LogP contribution in [0.15, 0.2) is 11.3 Å². The number of halogens is 5. The Balaban J connectivity index is 2.46. The summed E-state index contributed by atoms with van der Waals surface area (Å²) in [5.41, 5.74) is -4.19. The van der Waals surface area contributed by atoms with E-state index in [1.165, 1.54) is 13.2 Å². The predicted molar refractivity (Wildman–Crippen MR) is 71.1 cm³/mol. The third-order valence-electron chi connectivity index (χ3n) is 2.93. The summed E-state index contributed by atoms with van der Waals surface area (Å²) < 4.78 is 52.7. The SMILES string of the molecule is Cn1ncc(I)c1C(=O)N1N=C(C(F)F)C[C@@]1(O)C(F)F. The molecule has 1 amide bonds. The highest BCUT2D eigenvalue weighted by atomic mass is 127. The van der Waals surface area contributed by atoms with E-state index in [4.69, 9.17) is 0 Å². The van der Waals surface area contributed by atoms with Crippen molar-refractivity contribution in [3.63, 3.8) is 0 Å². The number of rotatable bonds is 3. The number of hydrogen-bond donors (Lipinski definition) is 1. The monoisotopic (exact) mass is 420 g/mol. The van der Waals surface area contributed by atoms with Crippen LogP contribution in [0.3, 0.4) is 0 Å². The molecule has 2 heterocycles. The molecular formula is C10H9F4IN4O2. The lowest BCUT2D eigenvalue weighted by molar-refractivity contribution is -0.164. The summed E-state index contributed by atoms with van der Waals surface area (Å²) in [5, 5.41) is 16.8. The Morgan fingerprint density at radius 1 is 1.48 bits per heavy atom. The smallest absolute Gasteiger partial charge is 0.296 e. The average molecular weight is 420 g/mol. The van der Waals surface area contributed by atoms with Gasteiger partial charge in [0.1, 0.15) is 11.4 Å². The first-order valence-electron chi connectivity index (χ1n) is 5.56. The summed E-state index contributed by atoms with van der Waals surface area (Å²) >= 11 is 1.73. The molecule has 0 saturated heterocycles. The summed E-state index contributed by atoms with van der Waals surface area (Å²) in [6, 6.07) is 0. The number of carbonyl (C=O) groups is 1. The average Bonchev–Trinajstić information content (AvgIpc) is 2.91. The zero-order valence-corrected chi connectivity index (χ0v) is 12.6. The van der Waals surface area contributed by atoms with Crippen LogP contribution in [0.25, 0.3) is 0 Å². The molecule has 0 bridgehead atoms. The molecule has 1 aromatic heterocycles. The minimum Gasteiger partial charge on any atom is -0.364 e. The minimum atomic E-state index is -3.45. The summed E-state index contributed by atoms with van der Waals surface area (Å²) in [6.07, 6.45) is -6.41. The van der Waals surface area contributed by atoms with Crippen LogP contribution in [0, 0.1) is 3.57 Å². The predicted octanol–water partition coefficient (Wildman–Crippen LogP) is 1.45. The zero-order chi connectivity index (χ0) is 15.9. The molecule has 1 atom stereocenters. The van der Waals surface area contributed by atoms with Gasteiger partial charge in [0.05, 0.1) is 9.77 Å². The number of amides is 1. The van der Waals surface area contributed by atoms with Gasteiger partial charge < -0.3 is 5.11 Å². The second-order valence-electron chi connectivity index (χ2n) is 4.33. The molecule has 2 rings (SSSR count). The van der Waals surface area contributed by atoms with E-state index >= 15 is 0 Å². The quantitative estimate of drug-likeness (QED) is 0.595. The van der Waals surface area contributed by atoms with Crippen molar-refractivity contribution in [2.75, 3.05) is 0 Å². The van der Waals surface area contributed by atoms with E-state index in [1.54, 1.807) is 22.6 Å². The Morgan fingerprint density at radius 2 is 2.10 bits per heavy atom. The van der Waals surface area contributed by atoms with Crippen LogP contribution in [0.4, 0.5) is 17.6 Å². The normalized spacial score (nSPS) is 22.3. The van der Waals surface area contributed by atoms with E-state index in [-0.39, 0.29) is 10.7 Å². The van der Waals surface area contributed by atoms with Crippen LogP contribution in [-0.4, -0.2) is 50.1 Å². The van der Waals surface area contributed by atoms with E-state index in [9.17, 15) is 27.5 Å². The molecule has 0 fully saturated rings. The van der Waals surface area contributed by atoms with Crippen LogP contribution in [0.1, 0.15) is 16.9 Å². The van der Waals surface area contributed by atoms with Gasteiger partial charge in [0, 0.05) is 13.5 Å². The zero-order valence-electron chi connectivity index (χ0n) is 10.5. The molecule has 0 saturated carbocycles. The summed E-state index contributed by atoms with van der Waals surface area (Å²) in [7, 11) is 1.38. The molecule has 0 unspecified atom stereocenters. The van der Waals surface area contributed by atoms with E-state index in [1.807, 2.05) is 0 Å². The summed E-state index contributed by atoms with van der Waals surface area (Å²) in [6.45, 7) is 0. The van der Waals surface area contributed by atoms with Crippen LogP contribution < -0.4 is 0 Å². The first-order chi connectivity index (χ1) is 9.68. The van der Waals surface area contributed by atoms with E-state index in [0.29, 0.717) is 3.57 Å². The Hall–Kier alpha value is -1.24. The maximum absolute atomic E-state index is 13.0. The van der Waals surface area contributed by atoms with Gasteiger partial charge in [-0.05, 0) is 22.6 Å². The number of nitrogens with zero attached hydrogens (tertiary/aromatic N) is 4. The molecule has 0 spiro atoms. The molecule has 1 N–H and O–H groups in total. The fourth-order valence-electron chi connectivity index (χ4n) is 1.86. The molecule has 6 nitrogen and oxygen atoms in total. The van der Waals surface area contributed by atoms with Gasteiger partial charge in [-0.3, -0.25) is 9.48 Å². The van der Waals surface area contributed by atoms with E-state index in [2.05, 4.69) is 10.2 Å². The highest BCUT2D eigenvalue weighted by Gasteiger charge is 2.54. The van der Waals surface area contributed by atoms with Crippen LogP contribution in [0.5, 0.6) is 0 Å². The molecular weight excluding hydrogens is 411 g/mol. The second-order valence-corrected chi connectivity index (χ2v) is 5.49. The molecule has 0 aliphatic carbocycles. The van der Waals surface area contributed by atoms with Crippen LogP contribution >= 0.6 is 22.6 Å². The van der Waals surface area contributed by atoms with Crippen molar-refractivity contribution in [2.45, 2.75) is 25.0 Å². The highest BCUT2D eigenvalue weighted by Crippen LogP contribution is 2.34. The van der Waals surface area contributed by atoms with Crippen LogP contribution in [0.2, 0.25) is 0 Å². The molecule has 116 valence electrons. The number of carbonyl (C=O) groups excluding carboxylic acids is 1. The fraction of sp³-hybridized carbons (Fsp3) is 0.500. The number of aryl methyl sites for hydroxylation is 1. The Morgan fingerprint density at radius 3 is 2.52 bits per heavy atom. The fourth-order valence-corrected chi connectivity index (χ4v) is 2.56. The molecule has 21 heavy (non-hydrogen) atoms. The molecule has 11 heteroatoms. The molecule has 1 aromatic rings. The van der Waals surface area contributed by atoms with Gasteiger partial charge in [-0.15, -0.1) is 0 Å². The number of aliphatic hydroxyl groups is 1. The Bertz CT molecular complexity index is 586. The lowest BCUT2D eigenvalue weighted by Crippen LogP contribution is -2.52. The van der Waals surface area contributed by atoms with Crippen molar-refractivity contribution < 1.29 is 27.5 Å². The van der Waals surface area contributed by atoms with Crippen molar-refractivity contribution in [2.24, 2.45) is 12.1 Å². The van der Waals surface area contributed by atoms with E-state index < -0.39 is 36.6 Å². The third kappa shape index (κ3) is 2.63. The largest absolute Gasteiger partial charge is 0.364 e. The summed E-state index contributed by atoms with van der Waals surface area (Å²) in [4.78, 5) is 12.3. The highest BCUT2D eigenvalue weighted by molar-refractivity contribution is 14.1. The maximum Gasteiger partial charge on any atom is 0.296 e. The van der Waals surface area contributed by atoms with Crippen LogP contribution in [-0.2, 0) is 7.05 Å². The number of aromatic nitrogens is 2. The molecule has 1 aliphatic rings. The van der Waals surface area contributed by atoms with Crippen molar-refractivity contribution in [1.82, 2.24) is 14.8 Å². The first kappa shape index (κ1) is 16.1. The number of hydrazone groups is 1. The van der Waals surface area contributed by atoms with Gasteiger partial charge in [-0.2, -0.15) is 15.2 Å². The van der Waals surface area contributed by atoms with Gasteiger partial charge >= 0.3 is 0 Å². The number of hydrogen-bond acceptors (Lipinski definition) is 4. The van der Waals surface area contributed by atoms with Gasteiger partial charge in [0.25, 0.3) is 18.8 Å². The Labute approximate surface area is 129 Å². The molecule has 0 radical (unpaired) electrons. The third-order valence-corrected chi connectivity index (χ3v) is 3.72. The standard InChI is InChI=1S/C10H9F4IN4O2/c1-18-6(4(15)3-16-18)8(20)19-10(21,9(13)14)2-5(17-19)7(11)12/h3,7,9,21H,2H2,1H3/t10-/m1/s1. The van der Waals surface area contributed by atoms with Crippen molar-refractivity contribution in [1.29, 1.82) is 0 Å². The minimum absolute atomic E-state index is 0.0122. The van der Waals surface area contributed by atoms with E-state index in [0.717, 1.165) is 4.68 Å². The molecule has 0 aromatic carbocycles. The van der Waals surface area contributed by atoms with Crippen molar-refractivity contribution in [3.05, 3.63) is 15.5 Å². The molecule has 1 aliphatic heterocycles. The first-order valence-corrected chi connectivity index (χ1v) is 6.64. The maximum atomic E-state index is 13.0. The van der Waals surface area contributed by atoms with Crippen molar-refractivity contribution in [3.8, 4) is 0 Å². The summed E-state index contributed by atoms with van der Waals surface area (Å²) in [5.74, 6) is -1.13. The van der Waals surface area contributed by atoms with Gasteiger partial charge in [-0.1, -0.05) is 0 Å². The van der Waals surface area contributed by atoms with Gasteiger partial charge in [0.15, 0.2) is 0 Å².